The van der Waals surface area contributed by atoms with Crippen LogP contribution < -0.4 is 4.90 Å². The van der Waals surface area contributed by atoms with Gasteiger partial charge in [0.15, 0.2) is 0 Å². The lowest BCUT2D eigenvalue weighted by Gasteiger charge is -2.30. The third-order valence-electron chi connectivity index (χ3n) is 4.92. The smallest absolute Gasteiger partial charge is 0.373 e. The number of halogens is 1. The molecule has 7 heteroatoms. The van der Waals surface area contributed by atoms with Crippen molar-refractivity contribution in [3.05, 3.63) is 58.9 Å². The molecule has 150 valence electrons. The molecule has 0 aliphatic carbocycles. The van der Waals surface area contributed by atoms with Crippen molar-refractivity contribution in [2.24, 2.45) is 0 Å². The second-order valence-corrected chi connectivity index (χ2v) is 6.62. The number of H-pyrrole nitrogens is 1. The number of aliphatic hydroxyl groups is 1. The Balaban J connectivity index is 0.000000941. The molecule has 3 rings (SSSR count). The molecule has 0 aliphatic rings. The highest BCUT2D eigenvalue weighted by atomic mass is 19.1. The molecule has 0 radical (unpaired) electrons. The van der Waals surface area contributed by atoms with Gasteiger partial charge in [0.2, 0.25) is 0 Å². The van der Waals surface area contributed by atoms with E-state index in [1.807, 2.05) is 25.1 Å². The number of hydrogen-bond donors (Lipinski definition) is 2. The van der Waals surface area contributed by atoms with Crippen molar-refractivity contribution in [1.82, 2.24) is 4.98 Å². The predicted octanol–water partition coefficient (Wildman–Crippen LogP) is 4.33. The van der Waals surface area contributed by atoms with Gasteiger partial charge in [0, 0.05) is 28.2 Å². The summed E-state index contributed by atoms with van der Waals surface area (Å²) in [4.78, 5) is 21.7. The Morgan fingerprint density at radius 1 is 1.24 bits per heavy atom. The molecule has 1 unspecified atom stereocenters. The summed E-state index contributed by atoms with van der Waals surface area (Å²) in [6.45, 7) is 5.87. The normalized spacial score (nSPS) is 11.2. The summed E-state index contributed by atoms with van der Waals surface area (Å²) in [7, 11) is 0. The number of aliphatic hydroxyl groups excluding tert-OH is 1. The standard InChI is InChI=1S/C21H22FN3O.CO2/c1-4-13(2)25(17-7-6-16(12-26)19(22)10-17)21-14(3)18-8-5-15(11-23)9-20(18)24-21;2-1-3/h5-10,13,24,26H,4,12H2,1-3H3;. The Kier molecular flexibility index (Phi) is 7.27. The van der Waals surface area contributed by atoms with E-state index in [-0.39, 0.29) is 24.4 Å². The minimum atomic E-state index is -0.418. The molecule has 6 nitrogen and oxygen atoms in total. The summed E-state index contributed by atoms with van der Waals surface area (Å²) in [6, 6.07) is 12.8. The Bertz CT molecular complexity index is 1080. The molecule has 1 atom stereocenters. The Labute approximate surface area is 168 Å². The molecule has 2 N–H and O–H groups in total. The van der Waals surface area contributed by atoms with Crippen LogP contribution in [0.5, 0.6) is 0 Å². The quantitative estimate of drug-likeness (QED) is 0.670. The average Bonchev–Trinajstić information content (AvgIpc) is 3.04. The molecule has 0 saturated heterocycles. The van der Waals surface area contributed by atoms with Crippen LogP contribution in [0, 0.1) is 24.1 Å². The third kappa shape index (κ3) is 4.52. The highest BCUT2D eigenvalue weighted by Crippen LogP contribution is 2.36. The van der Waals surface area contributed by atoms with Crippen LogP contribution in [0.3, 0.4) is 0 Å². The fourth-order valence-electron chi connectivity index (χ4n) is 3.23. The summed E-state index contributed by atoms with van der Waals surface area (Å²) in [5.41, 5.74) is 3.54. The molecular weight excluding hydrogens is 373 g/mol. The number of carbonyl (C=O) groups excluding carboxylic acids is 2. The van der Waals surface area contributed by atoms with Gasteiger partial charge in [-0.1, -0.05) is 19.1 Å². The van der Waals surface area contributed by atoms with E-state index in [0.717, 1.165) is 34.4 Å². The minimum absolute atomic E-state index is 0.136. The summed E-state index contributed by atoms with van der Waals surface area (Å²) < 4.78 is 14.3. The van der Waals surface area contributed by atoms with Crippen molar-refractivity contribution in [1.29, 1.82) is 5.26 Å². The van der Waals surface area contributed by atoms with Gasteiger partial charge in [-0.2, -0.15) is 14.9 Å². The second kappa shape index (κ2) is 9.65. The first-order valence-electron chi connectivity index (χ1n) is 9.11. The third-order valence-corrected chi connectivity index (χ3v) is 4.92. The van der Waals surface area contributed by atoms with Gasteiger partial charge < -0.3 is 15.0 Å². The van der Waals surface area contributed by atoms with Crippen molar-refractivity contribution >= 4 is 28.6 Å². The number of nitrogens with zero attached hydrogens (tertiary/aromatic N) is 2. The van der Waals surface area contributed by atoms with Crippen molar-refractivity contribution in [2.75, 3.05) is 4.90 Å². The molecule has 0 fully saturated rings. The topological polar surface area (TPSA) is 97.2 Å². The monoisotopic (exact) mass is 395 g/mol. The lowest BCUT2D eigenvalue weighted by Crippen LogP contribution is -2.28. The van der Waals surface area contributed by atoms with Crippen LogP contribution in [0.15, 0.2) is 36.4 Å². The fraction of sp³-hybridized carbons (Fsp3) is 0.273. The summed E-state index contributed by atoms with van der Waals surface area (Å²) in [5.74, 6) is 0.472. The number of fused-ring (bicyclic) bond motifs is 1. The van der Waals surface area contributed by atoms with Gasteiger partial charge >= 0.3 is 6.15 Å². The van der Waals surface area contributed by atoms with E-state index in [2.05, 4.69) is 29.8 Å². The SMILES string of the molecule is CCC(C)N(c1ccc(CO)c(F)c1)c1[nH]c2cc(C#N)ccc2c1C.O=C=O. The van der Waals surface area contributed by atoms with Crippen LogP contribution in [-0.2, 0) is 16.2 Å². The molecule has 3 aromatic rings. The fourth-order valence-corrected chi connectivity index (χ4v) is 3.23. The van der Waals surface area contributed by atoms with Crippen LogP contribution in [0.1, 0.15) is 37.0 Å². The van der Waals surface area contributed by atoms with Gasteiger partial charge in [0.05, 0.1) is 18.2 Å². The van der Waals surface area contributed by atoms with E-state index in [1.54, 1.807) is 12.1 Å². The zero-order chi connectivity index (χ0) is 21.6. The summed E-state index contributed by atoms with van der Waals surface area (Å²) in [5, 5.41) is 19.4. The average molecular weight is 395 g/mol. The minimum Gasteiger partial charge on any atom is -0.392 e. The second-order valence-electron chi connectivity index (χ2n) is 6.62. The van der Waals surface area contributed by atoms with Gasteiger partial charge in [-0.3, -0.25) is 0 Å². The molecular formula is C22H22FN3O3. The molecule has 1 heterocycles. The maximum Gasteiger partial charge on any atom is 0.373 e. The van der Waals surface area contributed by atoms with Crippen molar-refractivity contribution in [3.8, 4) is 6.07 Å². The Hall–Kier alpha value is -3.46. The van der Waals surface area contributed by atoms with Crippen LogP contribution in [0.2, 0.25) is 0 Å². The molecule has 0 aliphatic heterocycles. The molecule has 29 heavy (non-hydrogen) atoms. The van der Waals surface area contributed by atoms with Crippen LogP contribution >= 0.6 is 0 Å². The lowest BCUT2D eigenvalue weighted by molar-refractivity contribution is -0.191. The molecule has 0 amide bonds. The van der Waals surface area contributed by atoms with Gasteiger partial charge in [-0.05, 0) is 50.1 Å². The van der Waals surface area contributed by atoms with E-state index < -0.39 is 5.82 Å². The maximum absolute atomic E-state index is 14.3. The van der Waals surface area contributed by atoms with Crippen LogP contribution in [0.25, 0.3) is 10.9 Å². The van der Waals surface area contributed by atoms with E-state index in [0.29, 0.717) is 5.56 Å². The maximum atomic E-state index is 14.3. The zero-order valence-corrected chi connectivity index (χ0v) is 16.5. The van der Waals surface area contributed by atoms with Crippen LogP contribution in [0.4, 0.5) is 15.9 Å². The number of aromatic nitrogens is 1. The first kappa shape index (κ1) is 21.8. The van der Waals surface area contributed by atoms with Gasteiger partial charge in [0.25, 0.3) is 0 Å². The molecule has 2 aromatic carbocycles. The van der Waals surface area contributed by atoms with Crippen LogP contribution in [-0.4, -0.2) is 22.3 Å². The highest BCUT2D eigenvalue weighted by Gasteiger charge is 2.21. The Morgan fingerprint density at radius 3 is 2.48 bits per heavy atom. The number of aryl methyl sites for hydroxylation is 1. The number of hydrogen-bond acceptors (Lipinski definition) is 5. The molecule has 1 aromatic heterocycles. The number of anilines is 2. The van der Waals surface area contributed by atoms with E-state index in [1.165, 1.54) is 6.07 Å². The molecule has 0 bridgehead atoms. The van der Waals surface area contributed by atoms with Crippen molar-refractivity contribution in [3.63, 3.8) is 0 Å². The highest BCUT2D eigenvalue weighted by molar-refractivity contribution is 5.91. The first-order chi connectivity index (χ1) is 13.9. The summed E-state index contributed by atoms with van der Waals surface area (Å²) in [6.07, 6.45) is 1.13. The number of nitrogens with one attached hydrogen (secondary N) is 1. The number of nitriles is 1. The van der Waals surface area contributed by atoms with E-state index >= 15 is 0 Å². The van der Waals surface area contributed by atoms with Gasteiger partial charge in [-0.15, -0.1) is 0 Å². The number of rotatable bonds is 5. The number of benzene rings is 2. The lowest BCUT2D eigenvalue weighted by atomic mass is 10.1. The van der Waals surface area contributed by atoms with Gasteiger partial charge in [-0.25, -0.2) is 4.39 Å². The molecule has 0 saturated carbocycles. The Morgan fingerprint density at radius 2 is 1.93 bits per heavy atom. The molecule has 0 spiro atoms. The van der Waals surface area contributed by atoms with Crippen molar-refractivity contribution < 1.29 is 19.1 Å². The predicted molar refractivity (Wildman–Crippen MR) is 107 cm³/mol. The first-order valence-corrected chi connectivity index (χ1v) is 9.11. The zero-order valence-electron chi connectivity index (χ0n) is 16.5. The van der Waals surface area contributed by atoms with Gasteiger partial charge in [0.1, 0.15) is 11.6 Å². The summed E-state index contributed by atoms with van der Waals surface area (Å²) >= 11 is 0. The largest absolute Gasteiger partial charge is 0.392 e. The van der Waals surface area contributed by atoms with E-state index in [9.17, 15) is 9.50 Å². The number of aromatic amines is 1. The van der Waals surface area contributed by atoms with Crippen molar-refractivity contribution in [2.45, 2.75) is 39.8 Å². The van der Waals surface area contributed by atoms with E-state index in [4.69, 9.17) is 14.9 Å².